The summed E-state index contributed by atoms with van der Waals surface area (Å²) in [5.41, 5.74) is 5.79. The van der Waals surface area contributed by atoms with Crippen LogP contribution in [-0.4, -0.2) is 18.4 Å². The number of hydrogen-bond donors (Lipinski definition) is 2. The van der Waals surface area contributed by atoms with Crippen molar-refractivity contribution in [3.63, 3.8) is 0 Å². The minimum absolute atomic E-state index is 0.0398. The number of ketones is 1. The van der Waals surface area contributed by atoms with Gasteiger partial charge in [-0.05, 0) is 56.2 Å². The van der Waals surface area contributed by atoms with E-state index in [1.165, 1.54) is 24.0 Å². The lowest BCUT2D eigenvalue weighted by Crippen LogP contribution is -2.38. The highest BCUT2D eigenvalue weighted by molar-refractivity contribution is 5.96. The quantitative estimate of drug-likeness (QED) is 0.741. The summed E-state index contributed by atoms with van der Waals surface area (Å²) in [6.45, 7) is 4.31. The van der Waals surface area contributed by atoms with Gasteiger partial charge in [0.2, 0.25) is 0 Å². The largest absolute Gasteiger partial charge is 0.338 e. The molecule has 4 heteroatoms. The monoisotopic (exact) mass is 364 g/mol. The van der Waals surface area contributed by atoms with Crippen LogP contribution < -0.4 is 10.6 Å². The molecule has 3 rings (SSSR count). The van der Waals surface area contributed by atoms with Gasteiger partial charge in [0, 0.05) is 18.5 Å². The van der Waals surface area contributed by atoms with Crippen molar-refractivity contribution in [1.29, 1.82) is 0 Å². The fourth-order valence-electron chi connectivity index (χ4n) is 3.53. The summed E-state index contributed by atoms with van der Waals surface area (Å²) >= 11 is 0. The summed E-state index contributed by atoms with van der Waals surface area (Å²) in [6.07, 6.45) is 5.09. The Morgan fingerprint density at radius 3 is 2.44 bits per heavy atom. The zero-order valence-electron chi connectivity index (χ0n) is 16.2. The Labute approximate surface area is 161 Å². The molecule has 0 aromatic heterocycles. The molecule has 1 atom stereocenters. The first-order chi connectivity index (χ1) is 13.0. The Kier molecular flexibility index (Phi) is 6.28. The molecule has 2 amide bonds. The Hall–Kier alpha value is -2.62. The Morgan fingerprint density at radius 1 is 1.00 bits per heavy atom. The summed E-state index contributed by atoms with van der Waals surface area (Å²) in [7, 11) is 0. The minimum Gasteiger partial charge on any atom is -0.338 e. The van der Waals surface area contributed by atoms with Gasteiger partial charge in [0.1, 0.15) is 0 Å². The molecule has 4 nitrogen and oxygen atoms in total. The minimum atomic E-state index is -0.239. The van der Waals surface area contributed by atoms with Gasteiger partial charge < -0.3 is 10.6 Å². The van der Waals surface area contributed by atoms with E-state index in [9.17, 15) is 9.59 Å². The molecule has 0 saturated carbocycles. The number of urea groups is 1. The smallest absolute Gasteiger partial charge is 0.315 e. The lowest BCUT2D eigenvalue weighted by Gasteiger charge is -2.20. The summed E-state index contributed by atoms with van der Waals surface area (Å²) < 4.78 is 0. The van der Waals surface area contributed by atoms with Gasteiger partial charge in [-0.2, -0.15) is 0 Å². The third-order valence-corrected chi connectivity index (χ3v) is 5.23. The van der Waals surface area contributed by atoms with Crippen LogP contribution in [0.2, 0.25) is 0 Å². The molecule has 142 valence electrons. The second-order valence-electron chi connectivity index (χ2n) is 7.40. The zero-order chi connectivity index (χ0) is 19.2. The molecule has 2 aromatic rings. The number of fused-ring (bicyclic) bond motifs is 1. The molecule has 2 aromatic carbocycles. The van der Waals surface area contributed by atoms with E-state index in [0.29, 0.717) is 18.5 Å². The number of aryl methyl sites for hydroxylation is 3. The summed E-state index contributed by atoms with van der Waals surface area (Å²) in [4.78, 5) is 24.3. The number of nitrogens with one attached hydrogen (secondary N) is 2. The van der Waals surface area contributed by atoms with E-state index in [1.54, 1.807) is 0 Å². The predicted molar refractivity (Wildman–Crippen MR) is 108 cm³/mol. The Bertz CT molecular complexity index is 812. The van der Waals surface area contributed by atoms with E-state index < -0.39 is 0 Å². The molecule has 0 aliphatic heterocycles. The maximum Gasteiger partial charge on any atom is 0.315 e. The number of benzene rings is 2. The van der Waals surface area contributed by atoms with Crippen molar-refractivity contribution < 1.29 is 9.59 Å². The molecule has 1 aliphatic rings. The van der Waals surface area contributed by atoms with Crippen LogP contribution in [0.3, 0.4) is 0 Å². The molecule has 0 saturated heterocycles. The summed E-state index contributed by atoms with van der Waals surface area (Å²) in [5.74, 6) is 0.0398. The molecule has 2 N–H and O–H groups in total. The van der Waals surface area contributed by atoms with E-state index in [0.717, 1.165) is 24.0 Å². The lowest BCUT2D eigenvalue weighted by atomic mass is 9.89. The predicted octanol–water partition coefficient (Wildman–Crippen LogP) is 4.51. The fraction of sp³-hybridized carbons (Fsp3) is 0.391. The molecular weight excluding hydrogens is 336 g/mol. The van der Waals surface area contributed by atoms with Gasteiger partial charge in [-0.15, -0.1) is 0 Å². The summed E-state index contributed by atoms with van der Waals surface area (Å²) in [6, 6.07) is 13.7. The first kappa shape index (κ1) is 19.2. The number of amides is 2. The maximum atomic E-state index is 12.1. The van der Waals surface area contributed by atoms with Gasteiger partial charge in [-0.3, -0.25) is 4.79 Å². The summed E-state index contributed by atoms with van der Waals surface area (Å²) in [5, 5.41) is 5.75. The number of Topliss-reactive ketones (excluding diaryl/α,β-unsaturated/α-hetero) is 1. The number of rotatable bonds is 6. The first-order valence-corrected chi connectivity index (χ1v) is 9.79. The fourth-order valence-corrected chi connectivity index (χ4v) is 3.53. The van der Waals surface area contributed by atoms with Crippen LogP contribution in [0.1, 0.15) is 64.8 Å². The highest BCUT2D eigenvalue weighted by atomic mass is 16.2. The van der Waals surface area contributed by atoms with Crippen molar-refractivity contribution in [3.8, 4) is 0 Å². The van der Waals surface area contributed by atoms with E-state index in [-0.39, 0.29) is 17.9 Å². The molecule has 0 radical (unpaired) electrons. The average Bonchev–Trinajstić information content (AvgIpc) is 2.68. The SMILES string of the molecule is Cc1ccc(C(=O)CCNC(=O)NC(C)c2ccc3c(c2)CCCC3)cc1. The molecule has 1 unspecified atom stereocenters. The maximum absolute atomic E-state index is 12.1. The number of hydrogen-bond acceptors (Lipinski definition) is 2. The molecular formula is C23H28N2O2. The average molecular weight is 364 g/mol. The molecule has 0 bridgehead atoms. The Balaban J connectivity index is 1.46. The van der Waals surface area contributed by atoms with Gasteiger partial charge >= 0.3 is 6.03 Å². The van der Waals surface area contributed by atoms with E-state index in [2.05, 4.69) is 28.8 Å². The van der Waals surface area contributed by atoms with Crippen LogP contribution in [0.15, 0.2) is 42.5 Å². The standard InChI is InChI=1S/C23H28N2O2/c1-16-7-9-19(10-8-16)22(26)13-14-24-23(27)25-17(2)20-12-11-18-5-3-4-6-21(18)15-20/h7-12,15,17H,3-6,13-14H2,1-2H3,(H2,24,25,27). The van der Waals surface area contributed by atoms with Crippen LogP contribution >= 0.6 is 0 Å². The lowest BCUT2D eigenvalue weighted by molar-refractivity contribution is 0.0983. The van der Waals surface area contributed by atoms with Crippen LogP contribution in [-0.2, 0) is 12.8 Å². The van der Waals surface area contributed by atoms with Crippen molar-refractivity contribution in [2.24, 2.45) is 0 Å². The third-order valence-electron chi connectivity index (χ3n) is 5.23. The third kappa shape index (κ3) is 5.19. The van der Waals surface area contributed by atoms with E-state index >= 15 is 0 Å². The Morgan fingerprint density at radius 2 is 1.70 bits per heavy atom. The van der Waals surface area contributed by atoms with Crippen LogP contribution in [0.5, 0.6) is 0 Å². The normalized spacial score (nSPS) is 14.1. The molecule has 27 heavy (non-hydrogen) atoms. The number of carbonyl (C=O) groups excluding carboxylic acids is 2. The first-order valence-electron chi connectivity index (χ1n) is 9.79. The second-order valence-corrected chi connectivity index (χ2v) is 7.40. The molecule has 0 heterocycles. The van der Waals surface area contributed by atoms with Gasteiger partial charge in [0.25, 0.3) is 0 Å². The van der Waals surface area contributed by atoms with Crippen molar-refractivity contribution in [2.75, 3.05) is 6.54 Å². The highest BCUT2D eigenvalue weighted by Crippen LogP contribution is 2.24. The van der Waals surface area contributed by atoms with Crippen molar-refractivity contribution in [3.05, 3.63) is 70.3 Å². The van der Waals surface area contributed by atoms with Crippen molar-refractivity contribution >= 4 is 11.8 Å². The number of carbonyl (C=O) groups is 2. The van der Waals surface area contributed by atoms with E-state index in [1.807, 2.05) is 38.1 Å². The van der Waals surface area contributed by atoms with Gasteiger partial charge in [-0.1, -0.05) is 48.0 Å². The van der Waals surface area contributed by atoms with Crippen LogP contribution in [0.25, 0.3) is 0 Å². The van der Waals surface area contributed by atoms with Crippen LogP contribution in [0, 0.1) is 6.92 Å². The highest BCUT2D eigenvalue weighted by Gasteiger charge is 2.14. The van der Waals surface area contributed by atoms with Crippen LogP contribution in [0.4, 0.5) is 4.79 Å². The molecule has 0 fully saturated rings. The molecule has 0 spiro atoms. The molecule has 1 aliphatic carbocycles. The van der Waals surface area contributed by atoms with Crippen molar-refractivity contribution in [2.45, 2.75) is 52.0 Å². The van der Waals surface area contributed by atoms with Gasteiger partial charge in [0.15, 0.2) is 5.78 Å². The second kappa shape index (κ2) is 8.85. The van der Waals surface area contributed by atoms with E-state index in [4.69, 9.17) is 0 Å². The van der Waals surface area contributed by atoms with Gasteiger partial charge in [0.05, 0.1) is 6.04 Å². The zero-order valence-corrected chi connectivity index (χ0v) is 16.2. The topological polar surface area (TPSA) is 58.2 Å². The van der Waals surface area contributed by atoms with Crippen molar-refractivity contribution in [1.82, 2.24) is 10.6 Å². The van der Waals surface area contributed by atoms with Gasteiger partial charge in [-0.25, -0.2) is 4.79 Å².